The number of hydrogen-bond donors (Lipinski definition) is 0. The Kier molecular flexibility index (Phi) is 3.58. The normalized spacial score (nSPS) is 17.0. The fourth-order valence-corrected chi connectivity index (χ4v) is 4.08. The van der Waals surface area contributed by atoms with Crippen LogP contribution in [0.3, 0.4) is 0 Å². The molecule has 1 aromatic carbocycles. The Balaban J connectivity index is 1.88. The van der Waals surface area contributed by atoms with Crippen LogP contribution in [0.5, 0.6) is 0 Å². The van der Waals surface area contributed by atoms with Crippen LogP contribution < -0.4 is 4.90 Å². The van der Waals surface area contributed by atoms with Crippen molar-refractivity contribution < 1.29 is 9.59 Å². The number of rotatable bonds is 4. The lowest BCUT2D eigenvalue weighted by atomic mass is 10.1. The zero-order valence-electron chi connectivity index (χ0n) is 13.1. The van der Waals surface area contributed by atoms with E-state index in [4.69, 9.17) is 0 Å². The fourth-order valence-electron chi connectivity index (χ4n) is 3.32. The van der Waals surface area contributed by atoms with Gasteiger partial charge in [-0.3, -0.25) is 14.5 Å². The van der Waals surface area contributed by atoms with E-state index in [-0.39, 0.29) is 18.4 Å². The van der Waals surface area contributed by atoms with E-state index in [1.807, 2.05) is 40.6 Å². The molecule has 0 spiro atoms. The predicted molar refractivity (Wildman–Crippen MR) is 95.6 cm³/mol. The smallest absolute Gasteiger partial charge is 0.278 e. The van der Waals surface area contributed by atoms with Crippen LogP contribution in [-0.2, 0) is 16.0 Å². The topological polar surface area (TPSA) is 40.6 Å². The van der Waals surface area contributed by atoms with Crippen LogP contribution in [0.1, 0.15) is 10.4 Å². The number of nitrogens with zero attached hydrogens (tertiary/aromatic N) is 2. The number of carbonyl (C=O) groups is 2. The third kappa shape index (κ3) is 2.12. The molecule has 2 amide bonds. The second kappa shape index (κ2) is 5.76. The van der Waals surface area contributed by atoms with Crippen LogP contribution in [0.25, 0.3) is 5.57 Å². The van der Waals surface area contributed by atoms with E-state index >= 15 is 0 Å². The van der Waals surface area contributed by atoms with E-state index in [1.54, 1.807) is 6.08 Å². The molecule has 0 N–H and O–H groups in total. The fraction of sp³-hybridized carbons (Fsp3) is 0.158. The molecule has 4 rings (SSSR count). The second-order valence-electron chi connectivity index (χ2n) is 5.74. The summed E-state index contributed by atoms with van der Waals surface area (Å²) in [7, 11) is 0. The number of fused-ring (bicyclic) bond motifs is 1. The quantitative estimate of drug-likeness (QED) is 0.636. The molecule has 120 valence electrons. The average Bonchev–Trinajstić information content (AvgIpc) is 3.29. The van der Waals surface area contributed by atoms with Crippen molar-refractivity contribution in [3.63, 3.8) is 0 Å². The standard InChI is InChI=1S/C19H16N2O2S/c1-2-10-21-18(22)16(15-8-5-12-24-15)17(19(21)23)20-11-9-13-6-3-4-7-14(13)20/h2-8,12H,1,9-11H2. The number of amides is 2. The molecule has 5 heteroatoms. The van der Waals surface area contributed by atoms with Crippen molar-refractivity contribution in [2.45, 2.75) is 6.42 Å². The lowest BCUT2D eigenvalue weighted by Gasteiger charge is -2.21. The molecule has 24 heavy (non-hydrogen) atoms. The molecule has 2 aromatic rings. The second-order valence-corrected chi connectivity index (χ2v) is 6.69. The summed E-state index contributed by atoms with van der Waals surface area (Å²) in [5.41, 5.74) is 3.23. The molecule has 0 radical (unpaired) electrons. The van der Waals surface area contributed by atoms with E-state index in [9.17, 15) is 9.59 Å². The van der Waals surface area contributed by atoms with Crippen molar-refractivity contribution in [3.8, 4) is 0 Å². The van der Waals surface area contributed by atoms with Crippen molar-refractivity contribution in [2.24, 2.45) is 0 Å². The molecule has 2 aliphatic heterocycles. The van der Waals surface area contributed by atoms with Crippen molar-refractivity contribution in [1.29, 1.82) is 0 Å². The van der Waals surface area contributed by atoms with Crippen LogP contribution in [0.4, 0.5) is 5.69 Å². The predicted octanol–water partition coefficient (Wildman–Crippen LogP) is 3.08. The summed E-state index contributed by atoms with van der Waals surface area (Å²) in [5, 5.41) is 1.92. The van der Waals surface area contributed by atoms with Gasteiger partial charge in [0.05, 0.1) is 5.57 Å². The van der Waals surface area contributed by atoms with Gasteiger partial charge in [0, 0.05) is 23.7 Å². The third-order valence-corrected chi connectivity index (χ3v) is 5.27. The van der Waals surface area contributed by atoms with Crippen molar-refractivity contribution in [3.05, 3.63) is 70.6 Å². The number of benzene rings is 1. The number of anilines is 1. The van der Waals surface area contributed by atoms with Gasteiger partial charge in [-0.05, 0) is 29.5 Å². The summed E-state index contributed by atoms with van der Waals surface area (Å²) in [6, 6.07) is 11.8. The van der Waals surface area contributed by atoms with Gasteiger partial charge in [0.1, 0.15) is 5.70 Å². The van der Waals surface area contributed by atoms with Gasteiger partial charge in [0.15, 0.2) is 0 Å². The molecule has 3 heterocycles. The Morgan fingerprint density at radius 3 is 2.71 bits per heavy atom. The van der Waals surface area contributed by atoms with Gasteiger partial charge in [0.2, 0.25) is 0 Å². The highest BCUT2D eigenvalue weighted by Gasteiger charge is 2.42. The Bertz CT molecular complexity index is 867. The van der Waals surface area contributed by atoms with Gasteiger partial charge in [-0.2, -0.15) is 0 Å². The number of carbonyl (C=O) groups excluding carboxylic acids is 2. The van der Waals surface area contributed by atoms with Crippen LogP contribution >= 0.6 is 11.3 Å². The monoisotopic (exact) mass is 336 g/mol. The highest BCUT2D eigenvalue weighted by molar-refractivity contribution is 7.11. The Hall–Kier alpha value is -2.66. The van der Waals surface area contributed by atoms with Crippen molar-refractivity contribution in [2.75, 3.05) is 18.0 Å². The number of para-hydroxylation sites is 1. The van der Waals surface area contributed by atoms with E-state index in [1.165, 1.54) is 21.8 Å². The molecule has 0 fully saturated rings. The first kappa shape index (κ1) is 14.9. The Morgan fingerprint density at radius 1 is 1.12 bits per heavy atom. The number of hydrogen-bond acceptors (Lipinski definition) is 4. The summed E-state index contributed by atoms with van der Waals surface area (Å²) in [4.78, 5) is 29.9. The molecule has 1 aromatic heterocycles. The maximum absolute atomic E-state index is 13.0. The maximum atomic E-state index is 13.0. The van der Waals surface area contributed by atoms with Crippen molar-refractivity contribution in [1.82, 2.24) is 4.90 Å². The highest BCUT2D eigenvalue weighted by atomic mass is 32.1. The largest absolute Gasteiger partial charge is 0.336 e. The van der Waals surface area contributed by atoms with Crippen LogP contribution in [-0.4, -0.2) is 29.8 Å². The van der Waals surface area contributed by atoms with Gasteiger partial charge < -0.3 is 4.90 Å². The number of imide groups is 1. The molecule has 0 atom stereocenters. The minimum absolute atomic E-state index is 0.228. The number of thiophene rings is 1. The van der Waals surface area contributed by atoms with Crippen LogP contribution in [0.2, 0.25) is 0 Å². The molecule has 4 nitrogen and oxygen atoms in total. The van der Waals surface area contributed by atoms with Gasteiger partial charge >= 0.3 is 0 Å². The minimum Gasteiger partial charge on any atom is -0.336 e. The van der Waals surface area contributed by atoms with Crippen LogP contribution in [0, 0.1) is 0 Å². The SMILES string of the molecule is C=CCN1C(=O)C(c2cccs2)=C(N2CCc3ccccc32)C1=O. The summed E-state index contributed by atoms with van der Waals surface area (Å²) >= 11 is 1.48. The molecular weight excluding hydrogens is 320 g/mol. The molecule has 2 aliphatic rings. The van der Waals surface area contributed by atoms with Crippen molar-refractivity contribution >= 4 is 34.4 Å². The maximum Gasteiger partial charge on any atom is 0.278 e. The lowest BCUT2D eigenvalue weighted by Crippen LogP contribution is -2.34. The van der Waals surface area contributed by atoms with E-state index < -0.39 is 0 Å². The third-order valence-electron chi connectivity index (χ3n) is 4.38. The van der Waals surface area contributed by atoms with Gasteiger partial charge in [-0.25, -0.2) is 0 Å². The Morgan fingerprint density at radius 2 is 1.96 bits per heavy atom. The van der Waals surface area contributed by atoms with Gasteiger partial charge in [0.25, 0.3) is 11.8 Å². The molecule has 0 bridgehead atoms. The van der Waals surface area contributed by atoms with Gasteiger partial charge in [-0.1, -0.05) is 30.3 Å². The first-order valence-electron chi connectivity index (χ1n) is 7.83. The summed E-state index contributed by atoms with van der Waals surface area (Å²) in [5.74, 6) is -0.471. The average molecular weight is 336 g/mol. The molecule has 0 saturated heterocycles. The molecular formula is C19H16N2O2S. The Labute approximate surface area is 144 Å². The first-order valence-corrected chi connectivity index (χ1v) is 8.71. The zero-order chi connectivity index (χ0) is 16.7. The minimum atomic E-state index is -0.236. The molecule has 0 saturated carbocycles. The highest BCUT2D eigenvalue weighted by Crippen LogP contribution is 2.39. The van der Waals surface area contributed by atoms with E-state index in [0.717, 1.165) is 17.0 Å². The first-order chi connectivity index (χ1) is 11.7. The summed E-state index contributed by atoms with van der Waals surface area (Å²) in [6.07, 6.45) is 2.46. The zero-order valence-corrected chi connectivity index (χ0v) is 13.9. The molecule has 0 unspecified atom stereocenters. The lowest BCUT2D eigenvalue weighted by molar-refractivity contribution is -0.136. The summed E-state index contributed by atoms with van der Waals surface area (Å²) in [6.45, 7) is 4.60. The van der Waals surface area contributed by atoms with Crippen LogP contribution in [0.15, 0.2) is 60.1 Å². The van der Waals surface area contributed by atoms with Gasteiger partial charge in [-0.15, -0.1) is 17.9 Å². The van der Waals surface area contributed by atoms with E-state index in [0.29, 0.717) is 17.8 Å². The summed E-state index contributed by atoms with van der Waals surface area (Å²) < 4.78 is 0. The molecule has 0 aliphatic carbocycles. The van der Waals surface area contributed by atoms with E-state index in [2.05, 4.69) is 12.6 Å².